The number of halogens is 3. The molecule has 0 bridgehead atoms. The molecular formula is C27H39BrF2N2O. The van der Waals surface area contributed by atoms with Crippen molar-refractivity contribution >= 4 is 34.3 Å². The molecule has 0 N–H and O–H groups in total. The van der Waals surface area contributed by atoms with Crippen LogP contribution in [0.2, 0.25) is 0 Å². The fourth-order valence-electron chi connectivity index (χ4n) is 1.96. The van der Waals surface area contributed by atoms with Crippen LogP contribution >= 0.6 is 15.9 Å². The van der Waals surface area contributed by atoms with Gasteiger partial charge in [-0.3, -0.25) is 4.99 Å². The second-order valence-electron chi connectivity index (χ2n) is 6.01. The van der Waals surface area contributed by atoms with Crippen molar-refractivity contribution in [2.24, 2.45) is 9.98 Å². The number of nitrogens with zero attached hydrogens (tertiary/aromatic N) is 2. The molecule has 1 aromatic rings. The van der Waals surface area contributed by atoms with Gasteiger partial charge in [-0.2, -0.15) is 8.78 Å². The summed E-state index contributed by atoms with van der Waals surface area (Å²) in [4.78, 5) is 6.62. The van der Waals surface area contributed by atoms with Gasteiger partial charge in [0.05, 0.1) is 0 Å². The van der Waals surface area contributed by atoms with E-state index in [1.807, 2.05) is 58.9 Å². The zero-order valence-electron chi connectivity index (χ0n) is 21.1. The van der Waals surface area contributed by atoms with Gasteiger partial charge in [0.15, 0.2) is 0 Å². The average molecular weight is 526 g/mol. The fraction of sp³-hybridized carbons (Fsp3) is 0.333. The van der Waals surface area contributed by atoms with Gasteiger partial charge in [-0.25, -0.2) is 0 Å². The summed E-state index contributed by atoms with van der Waals surface area (Å²) in [5.74, 6) is -0.442. The first-order valence-electron chi connectivity index (χ1n) is 10.5. The number of allylic oxidation sites excluding steroid dienone is 6. The van der Waals surface area contributed by atoms with Crippen LogP contribution in [0.25, 0.3) is 5.76 Å². The quantitative estimate of drug-likeness (QED) is 0.152. The first kappa shape index (κ1) is 35.0. The summed E-state index contributed by atoms with van der Waals surface area (Å²) in [7, 11) is 2.90. The highest BCUT2D eigenvalue weighted by Gasteiger charge is 2.15. The Kier molecular flexibility index (Phi) is 24.0. The van der Waals surface area contributed by atoms with Gasteiger partial charge in [-0.1, -0.05) is 98.4 Å². The van der Waals surface area contributed by atoms with E-state index < -0.39 is 12.3 Å². The van der Waals surface area contributed by atoms with Gasteiger partial charge in [0.2, 0.25) is 0 Å². The maximum absolute atomic E-state index is 12.4. The van der Waals surface area contributed by atoms with Gasteiger partial charge in [-0.15, -0.1) is 0 Å². The van der Waals surface area contributed by atoms with Crippen LogP contribution in [-0.4, -0.2) is 33.1 Å². The Labute approximate surface area is 208 Å². The molecule has 184 valence electrons. The standard InChI is InChI=1S/C13H15F2NO.C10H13Br.C2H5N.C2H6/c1-4-10-5-7-11(8-6-10)9(2)17-13(16-3)12(14)15;1-5-9(8(3)4)7-10(11)6-2;1-3-2;1-2/h5-8,12H,2,4H2,1,3H3;5-7H,2-3H2,1,4H3;1H2,2H3;1-2H3/b;9-5+,10-7+;;. The largest absolute Gasteiger partial charge is 0.438 e. The number of hydrogen-bond acceptors (Lipinski definition) is 3. The lowest BCUT2D eigenvalue weighted by Gasteiger charge is -2.10. The number of aliphatic imine (C=N–C) groups is 2. The second kappa shape index (κ2) is 22.6. The molecule has 0 radical (unpaired) electrons. The highest BCUT2D eigenvalue weighted by molar-refractivity contribution is 9.11. The van der Waals surface area contributed by atoms with Crippen molar-refractivity contribution in [1.82, 2.24) is 0 Å². The van der Waals surface area contributed by atoms with Gasteiger partial charge < -0.3 is 9.73 Å². The average Bonchev–Trinajstić information content (AvgIpc) is 2.82. The lowest BCUT2D eigenvalue weighted by Crippen LogP contribution is -2.13. The molecule has 0 aliphatic carbocycles. The minimum Gasteiger partial charge on any atom is -0.438 e. The van der Waals surface area contributed by atoms with E-state index in [-0.39, 0.29) is 5.76 Å². The minimum atomic E-state index is -2.73. The maximum atomic E-state index is 12.4. The van der Waals surface area contributed by atoms with Crippen LogP contribution in [0.4, 0.5) is 8.78 Å². The molecule has 0 fully saturated rings. The topological polar surface area (TPSA) is 34.0 Å². The van der Waals surface area contributed by atoms with Crippen molar-refractivity contribution in [2.45, 2.75) is 47.5 Å². The van der Waals surface area contributed by atoms with E-state index in [4.69, 9.17) is 4.74 Å². The Bertz CT molecular complexity index is 808. The van der Waals surface area contributed by atoms with Crippen molar-refractivity contribution < 1.29 is 13.5 Å². The SMILES string of the molecule is C=C(OC(=NC)C(F)F)c1ccc(CC)cc1.C=C/C(Br)=C\C(=C/C)C(=C)C.C=NC.CC. The highest BCUT2D eigenvalue weighted by atomic mass is 79.9. The van der Waals surface area contributed by atoms with Gasteiger partial charge in [0.25, 0.3) is 5.90 Å². The molecule has 6 heteroatoms. The monoisotopic (exact) mass is 524 g/mol. The molecular weight excluding hydrogens is 486 g/mol. The molecule has 0 heterocycles. The summed E-state index contributed by atoms with van der Waals surface area (Å²) >= 11 is 3.35. The van der Waals surface area contributed by atoms with Gasteiger partial charge in [0, 0.05) is 24.1 Å². The third-order valence-electron chi connectivity index (χ3n) is 3.61. The van der Waals surface area contributed by atoms with Crippen LogP contribution in [-0.2, 0) is 11.2 Å². The molecule has 0 atom stereocenters. The summed E-state index contributed by atoms with van der Waals surface area (Å²) in [5, 5.41) is 0. The van der Waals surface area contributed by atoms with Crippen molar-refractivity contribution in [1.29, 1.82) is 0 Å². The predicted molar refractivity (Wildman–Crippen MR) is 148 cm³/mol. The molecule has 33 heavy (non-hydrogen) atoms. The lowest BCUT2D eigenvalue weighted by atomic mass is 10.1. The number of benzene rings is 1. The molecule has 1 aromatic carbocycles. The predicted octanol–water partition coefficient (Wildman–Crippen LogP) is 8.85. The summed E-state index contributed by atoms with van der Waals surface area (Å²) in [6, 6.07) is 7.41. The number of aryl methyl sites for hydroxylation is 1. The fourth-order valence-corrected chi connectivity index (χ4v) is 2.21. The van der Waals surface area contributed by atoms with Gasteiger partial charge in [0.1, 0.15) is 5.76 Å². The third kappa shape index (κ3) is 17.6. The Morgan fingerprint density at radius 2 is 1.64 bits per heavy atom. The summed E-state index contributed by atoms with van der Waals surface area (Å²) in [6.07, 6.45) is 3.97. The molecule has 0 saturated heterocycles. The van der Waals surface area contributed by atoms with Crippen LogP contribution in [0.1, 0.15) is 45.7 Å². The van der Waals surface area contributed by atoms with E-state index in [2.05, 4.69) is 52.4 Å². The summed E-state index contributed by atoms with van der Waals surface area (Å²) in [5.41, 5.74) is 4.03. The highest BCUT2D eigenvalue weighted by Crippen LogP contribution is 2.17. The van der Waals surface area contributed by atoms with Gasteiger partial charge >= 0.3 is 6.43 Å². The van der Waals surface area contributed by atoms with E-state index in [1.54, 1.807) is 25.3 Å². The Hall–Kier alpha value is -2.60. The van der Waals surface area contributed by atoms with Crippen LogP contribution < -0.4 is 0 Å². The molecule has 0 unspecified atom stereocenters. The van der Waals surface area contributed by atoms with E-state index in [0.717, 1.165) is 22.0 Å². The van der Waals surface area contributed by atoms with Crippen LogP contribution in [0, 0.1) is 0 Å². The van der Waals surface area contributed by atoms with Crippen molar-refractivity contribution in [3.63, 3.8) is 0 Å². The zero-order valence-corrected chi connectivity index (χ0v) is 22.7. The first-order chi connectivity index (χ1) is 15.6. The summed E-state index contributed by atoms with van der Waals surface area (Å²) < 4.78 is 30.7. The number of alkyl halides is 2. The molecule has 0 amide bonds. The Balaban J connectivity index is -0.000000485. The Morgan fingerprint density at radius 1 is 1.15 bits per heavy atom. The van der Waals surface area contributed by atoms with Crippen LogP contribution in [0.15, 0.2) is 87.8 Å². The minimum absolute atomic E-state index is 0.175. The number of hydrogen-bond donors (Lipinski definition) is 0. The number of rotatable bonds is 7. The molecule has 3 nitrogen and oxygen atoms in total. The second-order valence-corrected chi connectivity index (χ2v) is 6.93. The lowest BCUT2D eigenvalue weighted by molar-refractivity contribution is 0.196. The van der Waals surface area contributed by atoms with E-state index in [9.17, 15) is 8.78 Å². The van der Waals surface area contributed by atoms with Crippen molar-refractivity contribution in [3.05, 3.63) is 89.0 Å². The molecule has 0 spiro atoms. The van der Waals surface area contributed by atoms with Crippen LogP contribution in [0.5, 0.6) is 0 Å². The number of ether oxygens (including phenoxy) is 1. The Morgan fingerprint density at radius 3 is 1.94 bits per heavy atom. The van der Waals surface area contributed by atoms with Crippen molar-refractivity contribution in [3.8, 4) is 0 Å². The smallest absolute Gasteiger partial charge is 0.312 e. The van der Waals surface area contributed by atoms with Crippen molar-refractivity contribution in [2.75, 3.05) is 14.1 Å². The first-order valence-corrected chi connectivity index (χ1v) is 11.3. The third-order valence-corrected chi connectivity index (χ3v) is 4.16. The van der Waals surface area contributed by atoms with E-state index in [1.165, 1.54) is 12.6 Å². The normalized spacial score (nSPS) is 10.9. The molecule has 0 aliphatic heterocycles. The molecule has 0 aliphatic rings. The zero-order chi connectivity index (χ0) is 26.4. The molecule has 0 aromatic heterocycles. The molecule has 1 rings (SSSR count). The maximum Gasteiger partial charge on any atom is 0.312 e. The van der Waals surface area contributed by atoms with E-state index in [0.29, 0.717) is 5.56 Å². The van der Waals surface area contributed by atoms with Gasteiger partial charge in [-0.05, 0) is 44.2 Å². The molecule has 0 saturated carbocycles. The van der Waals surface area contributed by atoms with E-state index >= 15 is 0 Å². The van der Waals surface area contributed by atoms with Crippen LogP contribution in [0.3, 0.4) is 0 Å². The summed E-state index contributed by atoms with van der Waals surface area (Å²) in [6.45, 7) is 24.2.